The number of hydrogen-bond donors (Lipinski definition) is 0. The predicted molar refractivity (Wildman–Crippen MR) is 60.5 cm³/mol. The molecule has 0 radical (unpaired) electrons. The van der Waals surface area contributed by atoms with E-state index in [2.05, 4.69) is 14.9 Å². The standard InChI is InChI=1S/C12H9F3N2O3/c1-19-10(18)6-9-16-11(17-20-9)7-3-2-4-8(5-7)12(13,14)15/h2-5H,6H2,1H3. The molecule has 0 aliphatic heterocycles. The Hall–Kier alpha value is -2.38. The van der Waals surface area contributed by atoms with Gasteiger partial charge in [0, 0.05) is 5.56 Å². The number of nitrogens with zero attached hydrogens (tertiary/aromatic N) is 2. The molecule has 0 atom stereocenters. The molecule has 1 aromatic carbocycles. The number of esters is 1. The maximum absolute atomic E-state index is 12.6. The molecule has 0 saturated heterocycles. The van der Waals surface area contributed by atoms with Crippen molar-refractivity contribution in [1.82, 2.24) is 10.1 Å². The highest BCUT2D eigenvalue weighted by Gasteiger charge is 2.30. The summed E-state index contributed by atoms with van der Waals surface area (Å²) in [6.07, 6.45) is -4.68. The van der Waals surface area contributed by atoms with Crippen molar-refractivity contribution < 1.29 is 27.2 Å². The summed E-state index contributed by atoms with van der Waals surface area (Å²) in [5, 5.41) is 3.54. The topological polar surface area (TPSA) is 65.2 Å². The van der Waals surface area contributed by atoms with Gasteiger partial charge >= 0.3 is 12.1 Å². The van der Waals surface area contributed by atoms with Crippen LogP contribution in [0.15, 0.2) is 28.8 Å². The van der Waals surface area contributed by atoms with Crippen molar-refractivity contribution in [2.24, 2.45) is 0 Å². The maximum atomic E-state index is 12.6. The van der Waals surface area contributed by atoms with Gasteiger partial charge in [-0.3, -0.25) is 4.79 Å². The van der Waals surface area contributed by atoms with Crippen LogP contribution in [-0.4, -0.2) is 23.2 Å². The van der Waals surface area contributed by atoms with Gasteiger partial charge in [-0.1, -0.05) is 17.3 Å². The summed E-state index contributed by atoms with van der Waals surface area (Å²) in [7, 11) is 1.20. The second-order valence-corrected chi connectivity index (χ2v) is 3.84. The van der Waals surface area contributed by atoms with Gasteiger partial charge in [-0.05, 0) is 12.1 Å². The lowest BCUT2D eigenvalue weighted by molar-refractivity contribution is -0.140. The Morgan fingerprint density at radius 2 is 2.15 bits per heavy atom. The molecule has 0 fully saturated rings. The number of rotatable bonds is 3. The van der Waals surface area contributed by atoms with Crippen molar-refractivity contribution in [2.75, 3.05) is 7.11 Å². The van der Waals surface area contributed by atoms with Crippen molar-refractivity contribution >= 4 is 5.97 Å². The fourth-order valence-corrected chi connectivity index (χ4v) is 1.47. The van der Waals surface area contributed by atoms with E-state index in [0.29, 0.717) is 0 Å². The van der Waals surface area contributed by atoms with Gasteiger partial charge in [-0.2, -0.15) is 18.2 Å². The van der Waals surface area contributed by atoms with Gasteiger partial charge in [0.2, 0.25) is 11.7 Å². The number of carbonyl (C=O) groups excluding carboxylic acids is 1. The first-order valence-corrected chi connectivity index (χ1v) is 5.47. The van der Waals surface area contributed by atoms with Crippen LogP contribution in [0, 0.1) is 0 Å². The van der Waals surface area contributed by atoms with Crippen LogP contribution in [0.25, 0.3) is 11.4 Å². The highest BCUT2D eigenvalue weighted by atomic mass is 19.4. The minimum atomic E-state index is -4.45. The Morgan fingerprint density at radius 1 is 1.40 bits per heavy atom. The normalized spacial score (nSPS) is 11.4. The molecule has 0 saturated carbocycles. The summed E-state index contributed by atoms with van der Waals surface area (Å²) in [6.45, 7) is 0. The first-order valence-electron chi connectivity index (χ1n) is 5.47. The molecule has 1 heterocycles. The summed E-state index contributed by atoms with van der Waals surface area (Å²) >= 11 is 0. The first kappa shape index (κ1) is 14.0. The van der Waals surface area contributed by atoms with Crippen LogP contribution in [0.2, 0.25) is 0 Å². The van der Waals surface area contributed by atoms with Crippen molar-refractivity contribution in [3.63, 3.8) is 0 Å². The number of methoxy groups -OCH3 is 1. The Balaban J connectivity index is 2.26. The number of ether oxygens (including phenoxy) is 1. The quantitative estimate of drug-likeness (QED) is 0.811. The van der Waals surface area contributed by atoms with E-state index < -0.39 is 17.7 Å². The third-order valence-electron chi connectivity index (χ3n) is 2.44. The van der Waals surface area contributed by atoms with Crippen LogP contribution in [-0.2, 0) is 22.1 Å². The molecular formula is C12H9F3N2O3. The van der Waals surface area contributed by atoms with Gasteiger partial charge in [0.15, 0.2) is 0 Å². The first-order chi connectivity index (χ1) is 9.40. The molecular weight excluding hydrogens is 277 g/mol. The Morgan fingerprint density at radius 3 is 2.80 bits per heavy atom. The zero-order valence-electron chi connectivity index (χ0n) is 10.3. The van der Waals surface area contributed by atoms with E-state index in [1.54, 1.807) is 0 Å². The van der Waals surface area contributed by atoms with Crippen LogP contribution in [0.4, 0.5) is 13.2 Å². The van der Waals surface area contributed by atoms with E-state index in [9.17, 15) is 18.0 Å². The van der Waals surface area contributed by atoms with Crippen molar-refractivity contribution in [2.45, 2.75) is 12.6 Å². The number of halogens is 3. The highest BCUT2D eigenvalue weighted by molar-refractivity contribution is 5.71. The number of hydrogen-bond acceptors (Lipinski definition) is 5. The van der Waals surface area contributed by atoms with Crippen LogP contribution in [0.3, 0.4) is 0 Å². The Labute approximate surface area is 111 Å². The lowest BCUT2D eigenvalue weighted by atomic mass is 10.1. The summed E-state index contributed by atoms with van der Waals surface area (Å²) in [5.74, 6) is -0.622. The lowest BCUT2D eigenvalue weighted by Crippen LogP contribution is -2.05. The van der Waals surface area contributed by atoms with Gasteiger partial charge in [0.1, 0.15) is 6.42 Å². The van der Waals surface area contributed by atoms with Gasteiger partial charge in [0.25, 0.3) is 0 Å². The third-order valence-corrected chi connectivity index (χ3v) is 2.44. The van der Waals surface area contributed by atoms with Crippen LogP contribution >= 0.6 is 0 Å². The summed E-state index contributed by atoms with van der Waals surface area (Å²) < 4.78 is 46.9. The predicted octanol–water partition coefficient (Wildman–Crippen LogP) is 2.47. The zero-order chi connectivity index (χ0) is 14.8. The van der Waals surface area contributed by atoms with E-state index in [1.807, 2.05) is 0 Å². The van der Waals surface area contributed by atoms with Crippen LogP contribution < -0.4 is 0 Å². The van der Waals surface area contributed by atoms with Crippen LogP contribution in [0.1, 0.15) is 11.5 Å². The van der Waals surface area contributed by atoms with E-state index >= 15 is 0 Å². The van der Waals surface area contributed by atoms with Gasteiger partial charge in [0.05, 0.1) is 12.7 Å². The summed E-state index contributed by atoms with van der Waals surface area (Å²) in [5.41, 5.74) is -0.658. The fourth-order valence-electron chi connectivity index (χ4n) is 1.47. The minimum absolute atomic E-state index is 0.0185. The van der Waals surface area contributed by atoms with E-state index in [0.717, 1.165) is 12.1 Å². The van der Waals surface area contributed by atoms with Crippen LogP contribution in [0.5, 0.6) is 0 Å². The minimum Gasteiger partial charge on any atom is -0.469 e. The third kappa shape index (κ3) is 3.14. The maximum Gasteiger partial charge on any atom is 0.416 e. The number of benzene rings is 1. The average Bonchev–Trinajstić information content (AvgIpc) is 2.86. The monoisotopic (exact) mass is 286 g/mol. The molecule has 2 aromatic rings. The number of aromatic nitrogens is 2. The molecule has 0 spiro atoms. The van der Waals surface area contributed by atoms with Crippen molar-refractivity contribution in [1.29, 1.82) is 0 Å². The molecule has 0 unspecified atom stereocenters. The van der Waals surface area contributed by atoms with E-state index in [4.69, 9.17) is 4.52 Å². The molecule has 0 N–H and O–H groups in total. The summed E-state index contributed by atoms with van der Waals surface area (Å²) in [4.78, 5) is 14.9. The molecule has 0 aliphatic carbocycles. The van der Waals surface area contributed by atoms with E-state index in [1.165, 1.54) is 19.2 Å². The molecule has 0 bridgehead atoms. The SMILES string of the molecule is COC(=O)Cc1nc(-c2cccc(C(F)(F)F)c2)no1. The number of alkyl halides is 3. The van der Waals surface area contributed by atoms with Gasteiger partial charge in [-0.15, -0.1) is 0 Å². The van der Waals surface area contributed by atoms with Crippen molar-refractivity contribution in [3.8, 4) is 11.4 Å². The van der Waals surface area contributed by atoms with Gasteiger partial charge < -0.3 is 9.26 Å². The second-order valence-electron chi connectivity index (χ2n) is 3.84. The lowest BCUT2D eigenvalue weighted by Gasteiger charge is -2.06. The molecule has 106 valence electrons. The largest absolute Gasteiger partial charge is 0.469 e. The van der Waals surface area contributed by atoms with Crippen molar-refractivity contribution in [3.05, 3.63) is 35.7 Å². The molecule has 5 nitrogen and oxygen atoms in total. The fraction of sp³-hybridized carbons (Fsp3) is 0.250. The number of carbonyl (C=O) groups is 1. The molecule has 0 amide bonds. The smallest absolute Gasteiger partial charge is 0.416 e. The molecule has 2 rings (SSSR count). The Kier molecular flexibility index (Phi) is 3.73. The molecule has 20 heavy (non-hydrogen) atoms. The second kappa shape index (κ2) is 5.32. The molecule has 0 aliphatic rings. The molecule has 8 heteroatoms. The van der Waals surface area contributed by atoms with Gasteiger partial charge in [-0.25, -0.2) is 0 Å². The average molecular weight is 286 g/mol. The molecule has 1 aromatic heterocycles. The zero-order valence-corrected chi connectivity index (χ0v) is 10.3. The Bertz CT molecular complexity index is 622. The summed E-state index contributed by atoms with van der Waals surface area (Å²) in [6, 6.07) is 4.52. The highest BCUT2D eigenvalue weighted by Crippen LogP contribution is 2.31. The van der Waals surface area contributed by atoms with E-state index in [-0.39, 0.29) is 23.7 Å².